The molecule has 1 aromatic carbocycles. The smallest absolute Gasteiger partial charge is 0.254 e. The first-order valence-electron chi connectivity index (χ1n) is 5.91. The molecule has 96 valence electrons. The average Bonchev–Trinajstić information content (AvgIpc) is 2.87. The Morgan fingerprint density at radius 1 is 1.33 bits per heavy atom. The van der Waals surface area contributed by atoms with Crippen molar-refractivity contribution >= 4 is 11.8 Å². The second-order valence-electron chi connectivity index (χ2n) is 4.28. The Balaban J connectivity index is 2.17. The average molecular weight is 250 g/mol. The molecule has 2 rings (SSSR count). The number of benzene rings is 1. The van der Waals surface area contributed by atoms with Crippen molar-refractivity contribution in [2.75, 3.05) is 13.6 Å². The van der Waals surface area contributed by atoms with Crippen molar-refractivity contribution < 1.29 is 14.0 Å². The molecule has 18 heavy (non-hydrogen) atoms. The van der Waals surface area contributed by atoms with E-state index in [9.17, 15) is 14.0 Å². The van der Waals surface area contributed by atoms with Crippen LogP contribution in [-0.2, 0) is 4.79 Å². The van der Waals surface area contributed by atoms with Crippen LogP contribution in [0.1, 0.15) is 23.2 Å². The van der Waals surface area contributed by atoms with Crippen molar-refractivity contribution in [3.63, 3.8) is 0 Å². The van der Waals surface area contributed by atoms with E-state index in [0.717, 1.165) is 6.42 Å². The molecule has 4 nitrogen and oxygen atoms in total. The zero-order valence-electron chi connectivity index (χ0n) is 10.1. The number of hydrogen-bond acceptors (Lipinski definition) is 2. The Bertz CT molecular complexity index is 459. The molecule has 1 N–H and O–H groups in total. The molecule has 0 bridgehead atoms. The third-order valence-electron chi connectivity index (χ3n) is 3.15. The van der Waals surface area contributed by atoms with Gasteiger partial charge < -0.3 is 10.2 Å². The van der Waals surface area contributed by atoms with Gasteiger partial charge in [-0.05, 0) is 37.1 Å². The summed E-state index contributed by atoms with van der Waals surface area (Å²) >= 11 is 0. The van der Waals surface area contributed by atoms with E-state index in [2.05, 4.69) is 5.32 Å². The third-order valence-corrected chi connectivity index (χ3v) is 3.15. The normalized spacial score (nSPS) is 18.8. The van der Waals surface area contributed by atoms with Crippen LogP contribution in [0.15, 0.2) is 24.3 Å². The van der Waals surface area contributed by atoms with Gasteiger partial charge in [-0.1, -0.05) is 0 Å². The van der Waals surface area contributed by atoms with Crippen LogP contribution in [-0.4, -0.2) is 36.3 Å². The lowest BCUT2D eigenvalue weighted by Gasteiger charge is -2.23. The van der Waals surface area contributed by atoms with Gasteiger partial charge in [0.05, 0.1) is 0 Å². The number of amides is 2. The summed E-state index contributed by atoms with van der Waals surface area (Å²) in [5.74, 6) is -0.750. The number of nitrogens with one attached hydrogen (secondary N) is 1. The first-order valence-corrected chi connectivity index (χ1v) is 5.91. The Labute approximate surface area is 105 Å². The van der Waals surface area contributed by atoms with Crippen LogP contribution in [0, 0.1) is 5.82 Å². The van der Waals surface area contributed by atoms with E-state index in [1.165, 1.54) is 24.3 Å². The lowest BCUT2D eigenvalue weighted by atomic mass is 10.1. The number of halogens is 1. The van der Waals surface area contributed by atoms with Gasteiger partial charge in [0.2, 0.25) is 5.91 Å². The van der Waals surface area contributed by atoms with Crippen molar-refractivity contribution in [2.45, 2.75) is 18.9 Å². The Hall–Kier alpha value is -1.91. The van der Waals surface area contributed by atoms with Crippen molar-refractivity contribution in [1.82, 2.24) is 10.2 Å². The summed E-state index contributed by atoms with van der Waals surface area (Å²) < 4.78 is 12.8. The van der Waals surface area contributed by atoms with Crippen molar-refractivity contribution in [3.05, 3.63) is 35.6 Å². The highest BCUT2D eigenvalue weighted by atomic mass is 19.1. The molecule has 0 aromatic heterocycles. The highest BCUT2D eigenvalue weighted by molar-refractivity contribution is 5.97. The SMILES string of the molecule is CNC(=O)[C@H]1CCCN1C(=O)c1ccc(F)cc1. The van der Waals surface area contributed by atoms with Gasteiger partial charge in [-0.3, -0.25) is 9.59 Å². The Morgan fingerprint density at radius 3 is 2.61 bits per heavy atom. The molecule has 1 aliphatic rings. The summed E-state index contributed by atoms with van der Waals surface area (Å²) in [6, 6.07) is 4.97. The van der Waals surface area contributed by atoms with E-state index in [-0.39, 0.29) is 17.6 Å². The van der Waals surface area contributed by atoms with Crippen molar-refractivity contribution in [1.29, 1.82) is 0 Å². The predicted molar refractivity (Wildman–Crippen MR) is 64.5 cm³/mol. The molecule has 0 radical (unpaired) electrons. The minimum absolute atomic E-state index is 0.150. The van der Waals surface area contributed by atoms with Crippen LogP contribution in [0.4, 0.5) is 4.39 Å². The molecule has 1 heterocycles. The zero-order valence-corrected chi connectivity index (χ0v) is 10.1. The maximum Gasteiger partial charge on any atom is 0.254 e. The minimum Gasteiger partial charge on any atom is -0.357 e. The fourth-order valence-corrected chi connectivity index (χ4v) is 2.21. The molecule has 1 atom stereocenters. The maximum absolute atomic E-state index is 12.8. The third kappa shape index (κ3) is 2.34. The highest BCUT2D eigenvalue weighted by Crippen LogP contribution is 2.20. The summed E-state index contributed by atoms with van der Waals surface area (Å²) in [4.78, 5) is 25.4. The first kappa shape index (κ1) is 12.5. The van der Waals surface area contributed by atoms with E-state index in [0.29, 0.717) is 18.5 Å². The van der Waals surface area contributed by atoms with Crippen molar-refractivity contribution in [2.24, 2.45) is 0 Å². The number of carbonyl (C=O) groups is 2. The molecule has 0 saturated carbocycles. The number of rotatable bonds is 2. The van der Waals surface area contributed by atoms with E-state index in [1.54, 1.807) is 11.9 Å². The minimum atomic E-state index is -0.410. The van der Waals surface area contributed by atoms with Gasteiger partial charge in [0.15, 0.2) is 0 Å². The first-order chi connectivity index (χ1) is 8.63. The van der Waals surface area contributed by atoms with Gasteiger partial charge in [-0.25, -0.2) is 4.39 Å². The lowest BCUT2D eigenvalue weighted by Crippen LogP contribution is -2.44. The highest BCUT2D eigenvalue weighted by Gasteiger charge is 2.33. The van der Waals surface area contributed by atoms with Gasteiger partial charge in [-0.15, -0.1) is 0 Å². The fourth-order valence-electron chi connectivity index (χ4n) is 2.21. The second kappa shape index (κ2) is 5.16. The predicted octanol–water partition coefficient (Wildman–Crippen LogP) is 1.18. The van der Waals surface area contributed by atoms with Crippen molar-refractivity contribution in [3.8, 4) is 0 Å². The molecule has 0 spiro atoms. The van der Waals surface area contributed by atoms with Crippen LogP contribution in [0.3, 0.4) is 0 Å². The Kier molecular flexibility index (Phi) is 3.60. The fraction of sp³-hybridized carbons (Fsp3) is 0.385. The molecule has 1 fully saturated rings. The number of hydrogen-bond donors (Lipinski definition) is 1. The lowest BCUT2D eigenvalue weighted by molar-refractivity contribution is -0.124. The van der Waals surface area contributed by atoms with Gasteiger partial charge in [0, 0.05) is 19.2 Å². The molecule has 1 aliphatic heterocycles. The van der Waals surface area contributed by atoms with Crippen LogP contribution in [0.25, 0.3) is 0 Å². The quantitative estimate of drug-likeness (QED) is 0.856. The maximum atomic E-state index is 12.8. The molecule has 5 heteroatoms. The van der Waals surface area contributed by atoms with Crippen LogP contribution in [0.5, 0.6) is 0 Å². The monoisotopic (exact) mass is 250 g/mol. The van der Waals surface area contributed by atoms with E-state index in [1.807, 2.05) is 0 Å². The molecule has 2 amide bonds. The molecule has 1 aromatic rings. The summed E-state index contributed by atoms with van der Waals surface area (Å²) in [5.41, 5.74) is 0.409. The largest absolute Gasteiger partial charge is 0.357 e. The van der Waals surface area contributed by atoms with Crippen LogP contribution < -0.4 is 5.32 Å². The number of likely N-dealkylation sites (tertiary alicyclic amines) is 1. The van der Waals surface area contributed by atoms with E-state index >= 15 is 0 Å². The van der Waals surface area contributed by atoms with Gasteiger partial charge >= 0.3 is 0 Å². The number of carbonyl (C=O) groups excluding carboxylic acids is 2. The molecular formula is C13H15FN2O2. The van der Waals surface area contributed by atoms with Crippen LogP contribution >= 0.6 is 0 Å². The summed E-state index contributed by atoms with van der Waals surface area (Å²) in [6.45, 7) is 0.564. The number of nitrogens with zero attached hydrogens (tertiary/aromatic N) is 1. The summed E-state index contributed by atoms with van der Waals surface area (Å²) in [7, 11) is 1.56. The van der Waals surface area contributed by atoms with E-state index in [4.69, 9.17) is 0 Å². The summed E-state index contributed by atoms with van der Waals surface area (Å²) in [6.07, 6.45) is 1.48. The molecule has 0 unspecified atom stereocenters. The molecular weight excluding hydrogens is 235 g/mol. The topological polar surface area (TPSA) is 49.4 Å². The zero-order chi connectivity index (χ0) is 13.1. The second-order valence-corrected chi connectivity index (χ2v) is 4.28. The Morgan fingerprint density at radius 2 is 2.00 bits per heavy atom. The van der Waals surface area contributed by atoms with E-state index < -0.39 is 6.04 Å². The van der Waals surface area contributed by atoms with Crippen LogP contribution in [0.2, 0.25) is 0 Å². The molecule has 0 aliphatic carbocycles. The van der Waals surface area contributed by atoms with Gasteiger partial charge in [0.25, 0.3) is 5.91 Å². The standard InChI is InChI=1S/C13H15FN2O2/c1-15-12(17)11-3-2-8-16(11)13(18)9-4-6-10(14)7-5-9/h4-7,11H,2-3,8H2,1H3,(H,15,17)/t11-/m1/s1. The number of likely N-dealkylation sites (N-methyl/N-ethyl adjacent to an activating group) is 1. The van der Waals surface area contributed by atoms with Gasteiger partial charge in [0.1, 0.15) is 11.9 Å². The van der Waals surface area contributed by atoms with Gasteiger partial charge in [-0.2, -0.15) is 0 Å². The summed E-state index contributed by atoms with van der Waals surface area (Å²) in [5, 5.41) is 2.56. The molecule has 1 saturated heterocycles.